The highest BCUT2D eigenvalue weighted by atomic mass is 32.2. The van der Waals surface area contributed by atoms with Crippen molar-refractivity contribution in [2.24, 2.45) is 0 Å². The zero-order valence-corrected chi connectivity index (χ0v) is 15.3. The maximum Gasteiger partial charge on any atom is 0.241 e. The predicted molar refractivity (Wildman–Crippen MR) is 96.8 cm³/mol. The third-order valence-electron chi connectivity index (χ3n) is 2.94. The Morgan fingerprint density at radius 1 is 1.29 bits per heavy atom. The summed E-state index contributed by atoms with van der Waals surface area (Å²) in [5.41, 5.74) is 2.10. The number of anilines is 2. The highest BCUT2D eigenvalue weighted by Crippen LogP contribution is 2.27. The number of carbonyl (C=O) groups excluding carboxylic acids is 2. The number of rotatable bonds is 7. The monoisotopic (exact) mass is 365 g/mol. The van der Waals surface area contributed by atoms with Crippen LogP contribution in [0.15, 0.2) is 28.6 Å². The lowest BCUT2D eigenvalue weighted by molar-refractivity contribution is -0.130. The van der Waals surface area contributed by atoms with E-state index in [2.05, 4.69) is 20.8 Å². The third-order valence-corrected chi connectivity index (χ3v) is 4.91. The summed E-state index contributed by atoms with van der Waals surface area (Å²) < 4.78 is 0.694. The first-order valence-corrected chi connectivity index (χ1v) is 9.01. The second kappa shape index (κ2) is 8.65. The van der Waals surface area contributed by atoms with Gasteiger partial charge in [0.2, 0.25) is 16.9 Å². The van der Waals surface area contributed by atoms with Crippen molar-refractivity contribution < 1.29 is 9.59 Å². The maximum atomic E-state index is 11.7. The standard InChI is InChI=1S/C15H19N5O2S2/c1-10-5-4-6-11(7-10)17-14-18-19-15(24-14)23-9-12(21)16-8-13(22)20(2)3/h4-7H,8-9H2,1-3H3,(H,16,21)(H,17,18). The van der Waals surface area contributed by atoms with Gasteiger partial charge in [0.1, 0.15) is 0 Å². The lowest BCUT2D eigenvalue weighted by Crippen LogP contribution is -2.36. The number of hydrogen-bond donors (Lipinski definition) is 2. The van der Waals surface area contributed by atoms with E-state index in [4.69, 9.17) is 0 Å². The molecule has 24 heavy (non-hydrogen) atoms. The van der Waals surface area contributed by atoms with E-state index in [0.29, 0.717) is 9.47 Å². The van der Waals surface area contributed by atoms with Gasteiger partial charge in [0.25, 0.3) is 0 Å². The van der Waals surface area contributed by atoms with Gasteiger partial charge in [0.05, 0.1) is 12.3 Å². The maximum absolute atomic E-state index is 11.7. The minimum atomic E-state index is -0.210. The molecule has 0 unspecified atom stereocenters. The molecule has 0 spiro atoms. The molecule has 2 aromatic rings. The molecule has 0 aliphatic carbocycles. The van der Waals surface area contributed by atoms with Crippen LogP contribution in [0.25, 0.3) is 0 Å². The van der Waals surface area contributed by atoms with E-state index in [1.807, 2.05) is 31.2 Å². The van der Waals surface area contributed by atoms with E-state index >= 15 is 0 Å². The molecule has 1 aromatic heterocycles. The highest BCUT2D eigenvalue weighted by Gasteiger charge is 2.10. The Bertz CT molecular complexity index is 717. The first-order valence-electron chi connectivity index (χ1n) is 7.21. The largest absolute Gasteiger partial charge is 0.347 e. The number of nitrogens with one attached hydrogen (secondary N) is 2. The van der Waals surface area contributed by atoms with E-state index < -0.39 is 0 Å². The van der Waals surface area contributed by atoms with Crippen molar-refractivity contribution in [1.29, 1.82) is 0 Å². The van der Waals surface area contributed by atoms with Crippen LogP contribution < -0.4 is 10.6 Å². The Balaban J connectivity index is 1.79. The van der Waals surface area contributed by atoms with Gasteiger partial charge in [-0.1, -0.05) is 35.2 Å². The molecule has 0 aliphatic rings. The summed E-state index contributed by atoms with van der Waals surface area (Å²) in [6.07, 6.45) is 0. The Labute approximate surface area is 148 Å². The summed E-state index contributed by atoms with van der Waals surface area (Å²) in [5.74, 6) is -0.160. The van der Waals surface area contributed by atoms with Crippen LogP contribution in [0.3, 0.4) is 0 Å². The molecule has 1 aromatic carbocycles. The molecule has 2 rings (SSSR count). The first-order chi connectivity index (χ1) is 11.4. The number of thioether (sulfide) groups is 1. The van der Waals surface area contributed by atoms with Gasteiger partial charge in [-0.2, -0.15) is 0 Å². The molecule has 0 saturated carbocycles. The van der Waals surface area contributed by atoms with Crippen molar-refractivity contribution in [1.82, 2.24) is 20.4 Å². The van der Waals surface area contributed by atoms with Crippen LogP contribution >= 0.6 is 23.1 Å². The summed E-state index contributed by atoms with van der Waals surface area (Å²) in [4.78, 5) is 24.5. The van der Waals surface area contributed by atoms with E-state index in [-0.39, 0.29) is 24.1 Å². The molecule has 0 bridgehead atoms. The molecule has 1 heterocycles. The average molecular weight is 365 g/mol. The van der Waals surface area contributed by atoms with Crippen molar-refractivity contribution >= 4 is 45.7 Å². The quantitative estimate of drug-likeness (QED) is 0.729. The normalized spacial score (nSPS) is 10.3. The van der Waals surface area contributed by atoms with Crippen LogP contribution in [0.2, 0.25) is 0 Å². The second-order valence-corrected chi connectivity index (χ2v) is 7.42. The van der Waals surface area contributed by atoms with Gasteiger partial charge >= 0.3 is 0 Å². The zero-order valence-electron chi connectivity index (χ0n) is 13.7. The van der Waals surface area contributed by atoms with E-state index in [0.717, 1.165) is 11.3 Å². The number of aryl methyl sites for hydroxylation is 1. The molecule has 9 heteroatoms. The molecular weight excluding hydrogens is 346 g/mol. The zero-order chi connectivity index (χ0) is 17.5. The Kier molecular flexibility index (Phi) is 6.56. The van der Waals surface area contributed by atoms with Gasteiger partial charge in [-0.15, -0.1) is 10.2 Å². The van der Waals surface area contributed by atoms with Crippen LogP contribution in [-0.4, -0.2) is 53.3 Å². The molecule has 128 valence electrons. The van der Waals surface area contributed by atoms with Crippen molar-refractivity contribution in [2.45, 2.75) is 11.3 Å². The van der Waals surface area contributed by atoms with Gasteiger partial charge in [0, 0.05) is 19.8 Å². The smallest absolute Gasteiger partial charge is 0.241 e. The number of likely N-dealkylation sites (N-methyl/N-ethyl adjacent to an activating group) is 1. The highest BCUT2D eigenvalue weighted by molar-refractivity contribution is 8.01. The molecule has 0 aliphatic heterocycles. The van der Waals surface area contributed by atoms with Crippen LogP contribution in [0, 0.1) is 6.92 Å². The van der Waals surface area contributed by atoms with Crippen molar-refractivity contribution in [3.63, 3.8) is 0 Å². The number of carbonyl (C=O) groups is 2. The minimum absolute atomic E-state index is 0.00265. The van der Waals surface area contributed by atoms with Gasteiger partial charge in [-0.3, -0.25) is 9.59 Å². The van der Waals surface area contributed by atoms with E-state index in [1.165, 1.54) is 28.0 Å². The summed E-state index contributed by atoms with van der Waals surface area (Å²) in [5, 5.41) is 14.5. The van der Waals surface area contributed by atoms with Gasteiger partial charge in [-0.05, 0) is 24.6 Å². The van der Waals surface area contributed by atoms with Crippen LogP contribution in [0.5, 0.6) is 0 Å². The summed E-state index contributed by atoms with van der Waals surface area (Å²) >= 11 is 2.67. The van der Waals surface area contributed by atoms with Crippen molar-refractivity contribution in [3.8, 4) is 0 Å². The molecule has 2 N–H and O–H groups in total. The Hall–Kier alpha value is -2.13. The number of amides is 2. The lowest BCUT2D eigenvalue weighted by atomic mass is 10.2. The van der Waals surface area contributed by atoms with E-state index in [9.17, 15) is 9.59 Å². The predicted octanol–water partition coefficient (Wildman–Crippen LogP) is 1.89. The number of aromatic nitrogens is 2. The molecular formula is C15H19N5O2S2. The average Bonchev–Trinajstić information content (AvgIpc) is 2.98. The van der Waals surface area contributed by atoms with Crippen LogP contribution in [-0.2, 0) is 9.59 Å². The van der Waals surface area contributed by atoms with Crippen molar-refractivity contribution in [3.05, 3.63) is 29.8 Å². The molecule has 7 nitrogen and oxygen atoms in total. The van der Waals surface area contributed by atoms with Crippen molar-refractivity contribution in [2.75, 3.05) is 31.7 Å². The summed E-state index contributed by atoms with van der Waals surface area (Å²) in [6.45, 7) is 2.02. The summed E-state index contributed by atoms with van der Waals surface area (Å²) in [7, 11) is 3.29. The molecule has 0 atom stereocenters. The molecule has 0 radical (unpaired) electrons. The first kappa shape index (κ1) is 18.2. The third kappa shape index (κ3) is 5.82. The van der Waals surface area contributed by atoms with Crippen LogP contribution in [0.1, 0.15) is 5.56 Å². The van der Waals surface area contributed by atoms with E-state index in [1.54, 1.807) is 14.1 Å². The molecule has 2 amide bonds. The summed E-state index contributed by atoms with van der Waals surface area (Å²) in [6, 6.07) is 7.96. The fraction of sp³-hybridized carbons (Fsp3) is 0.333. The SMILES string of the molecule is Cc1cccc(Nc2nnc(SCC(=O)NCC(=O)N(C)C)s2)c1. The molecule has 0 fully saturated rings. The van der Waals surface area contributed by atoms with Gasteiger partial charge in [0.15, 0.2) is 4.34 Å². The Morgan fingerprint density at radius 3 is 2.79 bits per heavy atom. The van der Waals surface area contributed by atoms with Gasteiger partial charge in [-0.25, -0.2) is 0 Å². The minimum Gasteiger partial charge on any atom is -0.347 e. The fourth-order valence-corrected chi connectivity index (χ4v) is 3.28. The topological polar surface area (TPSA) is 87.2 Å². The number of nitrogens with zero attached hydrogens (tertiary/aromatic N) is 3. The fourth-order valence-electron chi connectivity index (χ4n) is 1.68. The molecule has 0 saturated heterocycles. The Morgan fingerprint density at radius 2 is 2.08 bits per heavy atom. The number of hydrogen-bond acceptors (Lipinski definition) is 7. The lowest BCUT2D eigenvalue weighted by Gasteiger charge is -2.10. The van der Waals surface area contributed by atoms with Gasteiger partial charge < -0.3 is 15.5 Å². The second-order valence-electron chi connectivity index (χ2n) is 5.22. The van der Waals surface area contributed by atoms with Crippen LogP contribution in [0.4, 0.5) is 10.8 Å². The number of benzene rings is 1.